The Balaban J connectivity index is 1.27. The normalized spacial score (nSPS) is 14.6. The number of carboxylic acid groups (broad SMARTS) is 1. The Bertz CT molecular complexity index is 1430. The molecule has 4 aromatic carbocycles. The quantitative estimate of drug-likeness (QED) is 0.226. The van der Waals surface area contributed by atoms with E-state index in [-0.39, 0.29) is 6.10 Å². The molecule has 0 amide bonds. The number of benzene rings is 4. The van der Waals surface area contributed by atoms with Gasteiger partial charge in [0.25, 0.3) is 0 Å². The van der Waals surface area contributed by atoms with Crippen molar-refractivity contribution in [3.63, 3.8) is 0 Å². The molecule has 5 rings (SSSR count). The van der Waals surface area contributed by atoms with Gasteiger partial charge in [-0.25, -0.2) is 4.79 Å². The van der Waals surface area contributed by atoms with Crippen LogP contribution in [0.3, 0.4) is 0 Å². The molecule has 0 fully saturated rings. The van der Waals surface area contributed by atoms with E-state index in [4.69, 9.17) is 14.2 Å². The van der Waals surface area contributed by atoms with Crippen LogP contribution in [0.4, 0.5) is 0 Å². The zero-order chi connectivity index (χ0) is 27.0. The second-order valence-corrected chi connectivity index (χ2v) is 9.60. The summed E-state index contributed by atoms with van der Waals surface area (Å²) < 4.78 is 17.5. The van der Waals surface area contributed by atoms with Crippen molar-refractivity contribution in [2.75, 3.05) is 20.3 Å². The van der Waals surface area contributed by atoms with Crippen molar-refractivity contribution in [2.45, 2.75) is 25.0 Å². The molecule has 0 radical (unpaired) electrons. The van der Waals surface area contributed by atoms with E-state index in [2.05, 4.69) is 78.9 Å². The molecule has 2 unspecified atom stereocenters. The summed E-state index contributed by atoms with van der Waals surface area (Å²) in [5.74, 6) is -0.265. The zero-order valence-corrected chi connectivity index (χ0v) is 22.0. The highest BCUT2D eigenvalue weighted by Gasteiger charge is 2.23. The monoisotopic (exact) mass is 520 g/mol. The van der Waals surface area contributed by atoms with E-state index < -0.39 is 12.1 Å². The third kappa shape index (κ3) is 6.63. The highest BCUT2D eigenvalue weighted by atomic mass is 16.5. The number of hydrogen-bond acceptors (Lipinski definition) is 4. The van der Waals surface area contributed by atoms with Crippen LogP contribution in [0.1, 0.15) is 45.0 Å². The lowest BCUT2D eigenvalue weighted by Crippen LogP contribution is -2.24. The van der Waals surface area contributed by atoms with Gasteiger partial charge < -0.3 is 19.3 Å². The fourth-order valence-electron chi connectivity index (χ4n) is 4.91. The molecule has 0 saturated heterocycles. The summed E-state index contributed by atoms with van der Waals surface area (Å²) in [6.45, 7) is 0.800. The van der Waals surface area contributed by atoms with Crippen LogP contribution in [-0.2, 0) is 27.1 Å². The third-order valence-electron chi connectivity index (χ3n) is 6.95. The Morgan fingerprint density at radius 2 is 1.46 bits per heavy atom. The van der Waals surface area contributed by atoms with Crippen LogP contribution in [0.15, 0.2) is 97.1 Å². The van der Waals surface area contributed by atoms with Crippen molar-refractivity contribution in [3.8, 4) is 5.75 Å². The maximum Gasteiger partial charge on any atom is 0.333 e. The molecule has 0 aromatic heterocycles. The number of rotatable bonds is 11. The second-order valence-electron chi connectivity index (χ2n) is 9.60. The van der Waals surface area contributed by atoms with E-state index in [1.807, 2.05) is 30.3 Å². The summed E-state index contributed by atoms with van der Waals surface area (Å²) in [6.07, 6.45) is 4.41. The van der Waals surface area contributed by atoms with Crippen LogP contribution in [0.5, 0.6) is 5.75 Å². The summed E-state index contributed by atoms with van der Waals surface area (Å²) in [4.78, 5) is 11.2. The highest BCUT2D eigenvalue weighted by Crippen LogP contribution is 2.36. The molecular formula is C34H32O5. The van der Waals surface area contributed by atoms with E-state index in [1.54, 1.807) is 0 Å². The number of methoxy groups -OCH3 is 1. The standard InChI is InChI=1S/C34H32O5/c1-37-32(34(35)36)23-25-12-17-29(18-13-25)38-19-20-39-33-30-10-6-5-9-27(30)15-16-28-14-11-26(22-31(28)33)21-24-7-3-2-4-8-24/h2-18,22,32-33H,19-21,23H2,1H3,(H,35,36). The van der Waals surface area contributed by atoms with Gasteiger partial charge in [-0.05, 0) is 57.5 Å². The smallest absolute Gasteiger partial charge is 0.333 e. The SMILES string of the molecule is COC(Cc1ccc(OCCOC2c3ccccc3C=Cc3ccc(Cc4ccccc4)cc32)cc1)C(=O)O. The van der Waals surface area contributed by atoms with Gasteiger partial charge in [-0.1, -0.05) is 97.1 Å². The molecule has 5 nitrogen and oxygen atoms in total. The first kappa shape index (κ1) is 26.4. The lowest BCUT2D eigenvalue weighted by atomic mass is 9.93. The van der Waals surface area contributed by atoms with Crippen molar-refractivity contribution in [3.05, 3.63) is 136 Å². The third-order valence-corrected chi connectivity index (χ3v) is 6.95. The van der Waals surface area contributed by atoms with Crippen LogP contribution in [0.25, 0.3) is 12.2 Å². The Morgan fingerprint density at radius 1 is 0.769 bits per heavy atom. The van der Waals surface area contributed by atoms with Crippen molar-refractivity contribution in [1.82, 2.24) is 0 Å². The molecule has 0 aliphatic heterocycles. The summed E-state index contributed by atoms with van der Waals surface area (Å²) in [6, 6.07) is 32.9. The van der Waals surface area contributed by atoms with Crippen molar-refractivity contribution < 1.29 is 24.1 Å². The minimum atomic E-state index is -0.973. The average Bonchev–Trinajstić information content (AvgIpc) is 3.11. The fraction of sp³-hybridized carbons (Fsp3) is 0.206. The molecule has 1 aliphatic carbocycles. The molecule has 1 N–H and O–H groups in total. The Morgan fingerprint density at radius 3 is 2.21 bits per heavy atom. The van der Waals surface area contributed by atoms with Gasteiger partial charge in [-0.15, -0.1) is 0 Å². The molecule has 0 bridgehead atoms. The minimum absolute atomic E-state index is 0.213. The molecule has 1 aliphatic rings. The van der Waals surface area contributed by atoms with Gasteiger partial charge in [0, 0.05) is 13.5 Å². The Hall–Kier alpha value is -4.19. The summed E-state index contributed by atoms with van der Waals surface area (Å²) in [5, 5.41) is 9.19. The highest BCUT2D eigenvalue weighted by molar-refractivity contribution is 5.76. The van der Waals surface area contributed by atoms with Gasteiger partial charge in [-0.2, -0.15) is 0 Å². The van der Waals surface area contributed by atoms with Gasteiger partial charge in [0.1, 0.15) is 18.5 Å². The minimum Gasteiger partial charge on any atom is -0.491 e. The van der Waals surface area contributed by atoms with Crippen LogP contribution < -0.4 is 4.74 Å². The van der Waals surface area contributed by atoms with E-state index >= 15 is 0 Å². The summed E-state index contributed by atoms with van der Waals surface area (Å²) in [7, 11) is 1.40. The van der Waals surface area contributed by atoms with Crippen molar-refractivity contribution in [1.29, 1.82) is 0 Å². The molecule has 0 saturated carbocycles. The summed E-state index contributed by atoms with van der Waals surface area (Å²) >= 11 is 0. The first-order valence-corrected chi connectivity index (χ1v) is 13.1. The maximum absolute atomic E-state index is 11.2. The first-order valence-electron chi connectivity index (χ1n) is 13.1. The van der Waals surface area contributed by atoms with Crippen LogP contribution >= 0.6 is 0 Å². The Labute approximate surface area is 229 Å². The van der Waals surface area contributed by atoms with Gasteiger partial charge in [0.2, 0.25) is 0 Å². The van der Waals surface area contributed by atoms with Crippen molar-refractivity contribution in [2.24, 2.45) is 0 Å². The van der Waals surface area contributed by atoms with Gasteiger partial charge >= 0.3 is 5.97 Å². The zero-order valence-electron chi connectivity index (χ0n) is 22.0. The summed E-state index contributed by atoms with van der Waals surface area (Å²) in [5.41, 5.74) is 7.99. The van der Waals surface area contributed by atoms with Gasteiger partial charge in [0.05, 0.1) is 6.61 Å². The maximum atomic E-state index is 11.2. The molecule has 0 spiro atoms. The van der Waals surface area contributed by atoms with E-state index in [9.17, 15) is 9.90 Å². The molecule has 4 aromatic rings. The molecule has 2 atom stereocenters. The molecule has 5 heteroatoms. The molecular weight excluding hydrogens is 488 g/mol. The van der Waals surface area contributed by atoms with E-state index in [0.29, 0.717) is 25.4 Å². The molecule has 0 heterocycles. The Kier molecular flexibility index (Phi) is 8.51. The van der Waals surface area contributed by atoms with E-state index in [1.165, 1.54) is 18.2 Å². The number of carboxylic acids is 1. The molecule has 39 heavy (non-hydrogen) atoms. The topological polar surface area (TPSA) is 65.0 Å². The number of carbonyl (C=O) groups is 1. The second kappa shape index (κ2) is 12.6. The number of fused-ring (bicyclic) bond motifs is 2. The average molecular weight is 521 g/mol. The number of ether oxygens (including phenoxy) is 3. The van der Waals surface area contributed by atoms with Crippen LogP contribution in [0.2, 0.25) is 0 Å². The van der Waals surface area contributed by atoms with E-state index in [0.717, 1.165) is 34.2 Å². The fourth-order valence-corrected chi connectivity index (χ4v) is 4.91. The number of hydrogen-bond donors (Lipinski definition) is 1. The first-order chi connectivity index (χ1) is 19.1. The predicted molar refractivity (Wildman–Crippen MR) is 153 cm³/mol. The number of aliphatic carboxylic acids is 1. The predicted octanol–water partition coefficient (Wildman–Crippen LogP) is 6.59. The van der Waals surface area contributed by atoms with Crippen LogP contribution in [-0.4, -0.2) is 37.5 Å². The largest absolute Gasteiger partial charge is 0.491 e. The lowest BCUT2D eigenvalue weighted by Gasteiger charge is -2.22. The van der Waals surface area contributed by atoms with Gasteiger partial charge in [0.15, 0.2) is 6.10 Å². The molecule has 198 valence electrons. The van der Waals surface area contributed by atoms with Gasteiger partial charge in [-0.3, -0.25) is 0 Å². The van der Waals surface area contributed by atoms with Crippen LogP contribution in [0, 0.1) is 0 Å². The lowest BCUT2D eigenvalue weighted by molar-refractivity contribution is -0.148. The van der Waals surface area contributed by atoms with Crippen molar-refractivity contribution >= 4 is 18.1 Å².